The number of ether oxygens (including phenoxy) is 1. The number of anilines is 1. The standard InChI is InChI=1S/C18H17NO4/c1-11-4-3-5-14-16(11)19-17(21)18(14,22)10-15(20)12-6-8-13(23-2)9-7-12/h3-9,22H,10H2,1-2H3,(H,19,21). The molecule has 2 aromatic rings. The summed E-state index contributed by atoms with van der Waals surface area (Å²) < 4.78 is 5.05. The third-order valence-corrected chi connectivity index (χ3v) is 4.16. The van der Waals surface area contributed by atoms with Crippen molar-refractivity contribution in [2.24, 2.45) is 0 Å². The molecule has 0 saturated carbocycles. The first-order valence-corrected chi connectivity index (χ1v) is 7.27. The quantitative estimate of drug-likeness (QED) is 0.850. The molecule has 0 spiro atoms. The molecule has 0 bridgehead atoms. The summed E-state index contributed by atoms with van der Waals surface area (Å²) in [7, 11) is 1.54. The topological polar surface area (TPSA) is 75.6 Å². The first-order chi connectivity index (χ1) is 11.0. The number of ketones is 1. The minimum atomic E-state index is -1.83. The Hall–Kier alpha value is -2.66. The zero-order valence-electron chi connectivity index (χ0n) is 12.9. The fraction of sp³-hybridized carbons (Fsp3) is 0.222. The molecule has 1 aliphatic rings. The van der Waals surface area contributed by atoms with Crippen LogP contribution in [0.15, 0.2) is 42.5 Å². The Kier molecular flexibility index (Phi) is 3.66. The Balaban J connectivity index is 1.91. The highest BCUT2D eigenvalue weighted by molar-refractivity contribution is 6.09. The monoisotopic (exact) mass is 311 g/mol. The van der Waals surface area contributed by atoms with Gasteiger partial charge in [0.15, 0.2) is 11.4 Å². The fourth-order valence-electron chi connectivity index (χ4n) is 2.80. The van der Waals surface area contributed by atoms with Crippen LogP contribution in [0.4, 0.5) is 5.69 Å². The summed E-state index contributed by atoms with van der Waals surface area (Å²) in [6.45, 7) is 1.84. The lowest BCUT2D eigenvalue weighted by atomic mass is 9.87. The zero-order chi connectivity index (χ0) is 16.6. The predicted molar refractivity (Wildman–Crippen MR) is 85.6 cm³/mol. The molecule has 1 unspecified atom stereocenters. The first kappa shape index (κ1) is 15.2. The molecule has 1 atom stereocenters. The molecular weight excluding hydrogens is 294 g/mol. The third kappa shape index (κ3) is 2.49. The highest BCUT2D eigenvalue weighted by Gasteiger charge is 2.47. The van der Waals surface area contributed by atoms with Crippen molar-refractivity contribution in [1.82, 2.24) is 0 Å². The number of rotatable bonds is 4. The van der Waals surface area contributed by atoms with Crippen LogP contribution in [0.1, 0.15) is 27.9 Å². The molecule has 0 radical (unpaired) electrons. The number of methoxy groups -OCH3 is 1. The van der Waals surface area contributed by atoms with Crippen molar-refractivity contribution < 1.29 is 19.4 Å². The molecule has 0 aromatic heterocycles. The fourth-order valence-corrected chi connectivity index (χ4v) is 2.80. The van der Waals surface area contributed by atoms with E-state index in [4.69, 9.17) is 4.74 Å². The van der Waals surface area contributed by atoms with Crippen LogP contribution in [-0.4, -0.2) is 23.9 Å². The number of benzene rings is 2. The smallest absolute Gasteiger partial charge is 0.261 e. The minimum absolute atomic E-state index is 0.304. The Morgan fingerprint density at radius 3 is 2.57 bits per heavy atom. The van der Waals surface area contributed by atoms with Gasteiger partial charge in [0, 0.05) is 11.1 Å². The number of carbonyl (C=O) groups excluding carboxylic acids is 2. The molecule has 23 heavy (non-hydrogen) atoms. The molecule has 0 saturated heterocycles. The van der Waals surface area contributed by atoms with E-state index in [1.165, 1.54) is 0 Å². The van der Waals surface area contributed by atoms with E-state index in [0.29, 0.717) is 22.6 Å². The number of amides is 1. The molecule has 3 rings (SSSR count). The van der Waals surface area contributed by atoms with E-state index in [9.17, 15) is 14.7 Å². The molecule has 118 valence electrons. The van der Waals surface area contributed by atoms with Gasteiger partial charge in [-0.1, -0.05) is 18.2 Å². The summed E-state index contributed by atoms with van der Waals surface area (Å²) in [6, 6.07) is 11.9. The predicted octanol–water partition coefficient (Wildman–Crippen LogP) is 2.42. The van der Waals surface area contributed by atoms with Gasteiger partial charge >= 0.3 is 0 Å². The molecule has 5 heteroatoms. The number of nitrogens with one attached hydrogen (secondary N) is 1. The van der Waals surface area contributed by atoms with Gasteiger partial charge in [-0.25, -0.2) is 0 Å². The van der Waals surface area contributed by atoms with Gasteiger partial charge in [-0.15, -0.1) is 0 Å². The normalized spacial score (nSPS) is 19.2. The maximum atomic E-state index is 12.5. The highest BCUT2D eigenvalue weighted by Crippen LogP contribution is 2.40. The lowest BCUT2D eigenvalue weighted by Gasteiger charge is -2.20. The maximum absolute atomic E-state index is 12.5. The number of hydrogen-bond acceptors (Lipinski definition) is 4. The van der Waals surface area contributed by atoms with Crippen molar-refractivity contribution in [2.75, 3.05) is 12.4 Å². The van der Waals surface area contributed by atoms with Crippen molar-refractivity contribution in [1.29, 1.82) is 0 Å². The van der Waals surface area contributed by atoms with Crippen LogP contribution in [0.3, 0.4) is 0 Å². The largest absolute Gasteiger partial charge is 0.497 e. The lowest BCUT2D eigenvalue weighted by Crippen LogP contribution is -2.36. The highest BCUT2D eigenvalue weighted by atomic mass is 16.5. The van der Waals surface area contributed by atoms with E-state index < -0.39 is 11.5 Å². The van der Waals surface area contributed by atoms with Crippen molar-refractivity contribution in [3.8, 4) is 5.75 Å². The number of hydrogen-bond donors (Lipinski definition) is 2. The van der Waals surface area contributed by atoms with E-state index in [1.54, 1.807) is 43.5 Å². The summed E-state index contributed by atoms with van der Waals surface area (Å²) in [5.74, 6) is -0.233. The van der Waals surface area contributed by atoms with Gasteiger partial charge < -0.3 is 15.2 Å². The molecule has 5 nitrogen and oxygen atoms in total. The number of aliphatic hydroxyl groups is 1. The van der Waals surface area contributed by atoms with Gasteiger partial charge in [0.25, 0.3) is 5.91 Å². The van der Waals surface area contributed by atoms with Crippen LogP contribution in [0, 0.1) is 6.92 Å². The number of Topliss-reactive ketones (excluding diaryl/α,β-unsaturated/α-hetero) is 1. The summed E-state index contributed by atoms with van der Waals surface area (Å²) in [5.41, 5.74) is 0.474. The van der Waals surface area contributed by atoms with Crippen LogP contribution in [0.5, 0.6) is 5.75 Å². The average molecular weight is 311 g/mol. The third-order valence-electron chi connectivity index (χ3n) is 4.16. The molecule has 2 aromatic carbocycles. The molecule has 1 heterocycles. The molecule has 0 aliphatic carbocycles. The minimum Gasteiger partial charge on any atom is -0.497 e. The number of fused-ring (bicyclic) bond motifs is 1. The zero-order valence-corrected chi connectivity index (χ0v) is 12.9. The Bertz CT molecular complexity index is 782. The average Bonchev–Trinajstić information content (AvgIpc) is 2.80. The van der Waals surface area contributed by atoms with E-state index in [-0.39, 0.29) is 12.2 Å². The van der Waals surface area contributed by atoms with Crippen molar-refractivity contribution in [3.63, 3.8) is 0 Å². The second-order valence-corrected chi connectivity index (χ2v) is 5.64. The Labute approximate surface area is 133 Å². The SMILES string of the molecule is COc1ccc(C(=O)CC2(O)C(=O)Nc3c(C)cccc32)cc1. The van der Waals surface area contributed by atoms with Crippen molar-refractivity contribution >= 4 is 17.4 Å². The number of para-hydroxylation sites is 1. The molecule has 2 N–H and O–H groups in total. The lowest BCUT2D eigenvalue weighted by molar-refractivity contribution is -0.133. The van der Waals surface area contributed by atoms with Crippen molar-refractivity contribution in [2.45, 2.75) is 18.9 Å². The molecule has 0 fully saturated rings. The van der Waals surface area contributed by atoms with Gasteiger partial charge in [-0.05, 0) is 36.8 Å². The van der Waals surface area contributed by atoms with Crippen LogP contribution < -0.4 is 10.1 Å². The molecule has 1 aliphatic heterocycles. The second kappa shape index (κ2) is 5.52. The van der Waals surface area contributed by atoms with Crippen LogP contribution >= 0.6 is 0 Å². The summed E-state index contributed by atoms with van der Waals surface area (Å²) in [4.78, 5) is 24.7. The summed E-state index contributed by atoms with van der Waals surface area (Å²) in [6.07, 6.45) is -0.304. The second-order valence-electron chi connectivity index (χ2n) is 5.64. The van der Waals surface area contributed by atoms with E-state index >= 15 is 0 Å². The van der Waals surface area contributed by atoms with E-state index in [2.05, 4.69) is 5.32 Å². The van der Waals surface area contributed by atoms with Gasteiger partial charge in [0.2, 0.25) is 0 Å². The summed E-state index contributed by atoms with van der Waals surface area (Å²) >= 11 is 0. The Morgan fingerprint density at radius 1 is 1.22 bits per heavy atom. The number of aryl methyl sites for hydroxylation is 1. The van der Waals surface area contributed by atoms with Crippen LogP contribution in [0.25, 0.3) is 0 Å². The van der Waals surface area contributed by atoms with E-state index in [1.807, 2.05) is 13.0 Å². The summed E-state index contributed by atoms with van der Waals surface area (Å²) in [5, 5.41) is 13.5. The van der Waals surface area contributed by atoms with Crippen molar-refractivity contribution in [3.05, 3.63) is 59.2 Å². The van der Waals surface area contributed by atoms with Crippen LogP contribution in [0.2, 0.25) is 0 Å². The van der Waals surface area contributed by atoms with Gasteiger partial charge in [0.1, 0.15) is 5.75 Å². The van der Waals surface area contributed by atoms with E-state index in [0.717, 1.165) is 5.56 Å². The maximum Gasteiger partial charge on any atom is 0.261 e. The first-order valence-electron chi connectivity index (χ1n) is 7.27. The molecule has 1 amide bonds. The van der Waals surface area contributed by atoms with Gasteiger partial charge in [-0.2, -0.15) is 0 Å². The molecular formula is C18H17NO4. The van der Waals surface area contributed by atoms with Gasteiger partial charge in [-0.3, -0.25) is 9.59 Å². The Morgan fingerprint density at radius 2 is 1.91 bits per heavy atom. The number of carbonyl (C=O) groups is 2. The van der Waals surface area contributed by atoms with Gasteiger partial charge in [0.05, 0.1) is 19.2 Å². The van der Waals surface area contributed by atoms with Crippen LogP contribution in [-0.2, 0) is 10.4 Å².